The van der Waals surface area contributed by atoms with Gasteiger partial charge in [-0.15, -0.1) is 0 Å². The van der Waals surface area contributed by atoms with E-state index < -0.39 is 0 Å². The second kappa shape index (κ2) is 4.62. The van der Waals surface area contributed by atoms with Crippen LogP contribution in [0.4, 0.5) is 0 Å². The van der Waals surface area contributed by atoms with Gasteiger partial charge in [0.1, 0.15) is 0 Å². The fraction of sp³-hybridized carbons (Fsp3) is 0.600. The maximum Gasteiger partial charge on any atom is 0.0557 e. The van der Waals surface area contributed by atoms with E-state index in [2.05, 4.69) is 22.2 Å². The van der Waals surface area contributed by atoms with Crippen LogP contribution in [0, 0.1) is 0 Å². The number of likely N-dealkylation sites (N-methyl/N-ethyl adjacent to an activating group) is 1. The van der Waals surface area contributed by atoms with Crippen LogP contribution in [-0.2, 0) is 6.54 Å². The fourth-order valence-electron chi connectivity index (χ4n) is 1.67. The number of piperazine rings is 1. The summed E-state index contributed by atoms with van der Waals surface area (Å²) in [6.07, 6.45) is 0. The number of nitrogens with zero attached hydrogens (tertiary/aromatic N) is 2. The lowest BCUT2D eigenvalue weighted by molar-refractivity contribution is 0.148. The van der Waals surface area contributed by atoms with E-state index in [1.807, 2.05) is 5.38 Å². The summed E-state index contributed by atoms with van der Waals surface area (Å²) in [6.45, 7) is 5.66. The summed E-state index contributed by atoms with van der Waals surface area (Å²) < 4.78 is 0. The molecule has 0 amide bonds. The van der Waals surface area contributed by atoms with Crippen molar-refractivity contribution in [2.24, 2.45) is 0 Å². The van der Waals surface area contributed by atoms with Gasteiger partial charge < -0.3 is 4.90 Å². The summed E-state index contributed by atoms with van der Waals surface area (Å²) >= 11 is 7.75. The summed E-state index contributed by atoms with van der Waals surface area (Å²) in [5, 5.41) is 5.09. The lowest BCUT2D eigenvalue weighted by Gasteiger charge is -2.32. The minimum Gasteiger partial charge on any atom is -0.304 e. The van der Waals surface area contributed by atoms with Crippen molar-refractivity contribution in [3.05, 3.63) is 21.3 Å². The van der Waals surface area contributed by atoms with Crippen molar-refractivity contribution in [1.29, 1.82) is 0 Å². The molecule has 1 aliphatic rings. The summed E-state index contributed by atoms with van der Waals surface area (Å²) in [7, 11) is 2.18. The van der Waals surface area contributed by atoms with E-state index in [0.29, 0.717) is 0 Å². The number of hydrogen-bond acceptors (Lipinski definition) is 3. The summed E-state index contributed by atoms with van der Waals surface area (Å²) in [5.74, 6) is 0. The zero-order chi connectivity index (χ0) is 9.97. The second-order valence-corrected chi connectivity index (χ2v) is 4.98. The molecule has 2 nitrogen and oxygen atoms in total. The highest BCUT2D eigenvalue weighted by Gasteiger charge is 2.14. The van der Waals surface area contributed by atoms with Gasteiger partial charge in [-0.1, -0.05) is 11.6 Å². The van der Waals surface area contributed by atoms with Gasteiger partial charge in [-0.2, -0.15) is 11.3 Å². The van der Waals surface area contributed by atoms with Gasteiger partial charge in [0, 0.05) is 38.1 Å². The number of hydrogen-bond donors (Lipinski definition) is 0. The molecule has 2 heterocycles. The normalized spacial score (nSPS) is 20.1. The van der Waals surface area contributed by atoms with Crippen molar-refractivity contribution in [1.82, 2.24) is 9.80 Å². The second-order valence-electron chi connectivity index (χ2n) is 3.82. The Hall–Kier alpha value is -0.0900. The maximum atomic E-state index is 6.06. The summed E-state index contributed by atoms with van der Waals surface area (Å²) in [6, 6.07) is 0. The Morgan fingerprint density at radius 1 is 1.29 bits per heavy atom. The number of rotatable bonds is 2. The third-order valence-electron chi connectivity index (χ3n) is 2.68. The molecule has 1 aromatic heterocycles. The van der Waals surface area contributed by atoms with Crippen molar-refractivity contribution in [2.45, 2.75) is 6.54 Å². The van der Waals surface area contributed by atoms with E-state index in [1.54, 1.807) is 11.3 Å². The Bertz CT molecular complexity index is 292. The van der Waals surface area contributed by atoms with E-state index >= 15 is 0 Å². The first-order chi connectivity index (χ1) is 6.75. The molecule has 4 heteroatoms. The Balaban J connectivity index is 1.89. The zero-order valence-electron chi connectivity index (χ0n) is 8.37. The monoisotopic (exact) mass is 230 g/mol. The van der Waals surface area contributed by atoms with E-state index in [-0.39, 0.29) is 0 Å². The third-order valence-corrected chi connectivity index (χ3v) is 3.95. The molecule has 0 saturated carbocycles. The molecule has 1 saturated heterocycles. The molecule has 14 heavy (non-hydrogen) atoms. The standard InChI is InChI=1S/C10H15ClN2S/c1-12-2-4-13(5-3-12)6-9-7-14-8-10(9)11/h7-8H,2-6H2,1H3. The molecule has 1 aromatic rings. The van der Waals surface area contributed by atoms with Gasteiger partial charge in [0.05, 0.1) is 5.02 Å². The lowest BCUT2D eigenvalue weighted by atomic mass is 10.2. The summed E-state index contributed by atoms with van der Waals surface area (Å²) in [5.41, 5.74) is 1.28. The molecule has 0 radical (unpaired) electrons. The SMILES string of the molecule is CN1CCN(Cc2cscc2Cl)CC1. The average molecular weight is 231 g/mol. The molecule has 0 spiro atoms. The quantitative estimate of drug-likeness (QED) is 0.768. The minimum absolute atomic E-state index is 0.925. The van der Waals surface area contributed by atoms with Gasteiger partial charge in [-0.05, 0) is 18.0 Å². The Morgan fingerprint density at radius 2 is 2.00 bits per heavy atom. The van der Waals surface area contributed by atoms with E-state index in [0.717, 1.165) is 24.7 Å². The highest BCUT2D eigenvalue weighted by Crippen LogP contribution is 2.22. The van der Waals surface area contributed by atoms with Crippen LogP contribution in [0.3, 0.4) is 0 Å². The van der Waals surface area contributed by atoms with Gasteiger partial charge in [-0.3, -0.25) is 4.90 Å². The zero-order valence-corrected chi connectivity index (χ0v) is 9.94. The predicted molar refractivity (Wildman–Crippen MR) is 62.1 cm³/mol. The van der Waals surface area contributed by atoms with Crippen molar-refractivity contribution in [2.75, 3.05) is 33.2 Å². The molecular weight excluding hydrogens is 216 g/mol. The average Bonchev–Trinajstić information content (AvgIpc) is 2.56. The molecule has 0 atom stereocenters. The third kappa shape index (κ3) is 2.48. The predicted octanol–water partition coefficient (Wildman–Crippen LogP) is 2.15. The van der Waals surface area contributed by atoms with Crippen LogP contribution in [0.1, 0.15) is 5.56 Å². The smallest absolute Gasteiger partial charge is 0.0557 e. The van der Waals surface area contributed by atoms with Crippen molar-refractivity contribution >= 4 is 22.9 Å². The Morgan fingerprint density at radius 3 is 2.57 bits per heavy atom. The van der Waals surface area contributed by atoms with Crippen LogP contribution in [0.15, 0.2) is 10.8 Å². The molecule has 0 bridgehead atoms. The molecule has 2 rings (SSSR count). The molecule has 1 fully saturated rings. The van der Waals surface area contributed by atoms with Crippen molar-refractivity contribution in [3.63, 3.8) is 0 Å². The van der Waals surface area contributed by atoms with E-state index in [1.165, 1.54) is 18.7 Å². The van der Waals surface area contributed by atoms with Crippen molar-refractivity contribution in [3.8, 4) is 0 Å². The van der Waals surface area contributed by atoms with Crippen LogP contribution in [0.2, 0.25) is 5.02 Å². The van der Waals surface area contributed by atoms with Gasteiger partial charge in [0.15, 0.2) is 0 Å². The molecule has 0 unspecified atom stereocenters. The Labute approximate surface area is 94.1 Å². The van der Waals surface area contributed by atoms with Crippen LogP contribution >= 0.6 is 22.9 Å². The largest absolute Gasteiger partial charge is 0.304 e. The highest BCUT2D eigenvalue weighted by molar-refractivity contribution is 7.08. The van der Waals surface area contributed by atoms with Crippen LogP contribution in [0.5, 0.6) is 0 Å². The van der Waals surface area contributed by atoms with Gasteiger partial charge in [0.2, 0.25) is 0 Å². The first-order valence-corrected chi connectivity index (χ1v) is 6.19. The molecule has 0 N–H and O–H groups in total. The lowest BCUT2D eigenvalue weighted by Crippen LogP contribution is -2.43. The first kappa shape index (κ1) is 10.4. The maximum absolute atomic E-state index is 6.06. The first-order valence-electron chi connectivity index (χ1n) is 4.87. The minimum atomic E-state index is 0.925. The molecule has 1 aliphatic heterocycles. The Kier molecular flexibility index (Phi) is 3.44. The van der Waals surface area contributed by atoms with Gasteiger partial charge in [0.25, 0.3) is 0 Å². The molecule has 78 valence electrons. The fourth-order valence-corrected chi connectivity index (χ4v) is 2.71. The topological polar surface area (TPSA) is 6.48 Å². The van der Waals surface area contributed by atoms with Crippen LogP contribution < -0.4 is 0 Å². The van der Waals surface area contributed by atoms with E-state index in [4.69, 9.17) is 11.6 Å². The highest BCUT2D eigenvalue weighted by atomic mass is 35.5. The molecule has 0 aromatic carbocycles. The van der Waals surface area contributed by atoms with Crippen LogP contribution in [0.25, 0.3) is 0 Å². The van der Waals surface area contributed by atoms with Crippen molar-refractivity contribution < 1.29 is 0 Å². The molecular formula is C10H15ClN2S. The van der Waals surface area contributed by atoms with E-state index in [9.17, 15) is 0 Å². The number of thiophene rings is 1. The molecule has 0 aliphatic carbocycles. The number of halogens is 1. The van der Waals surface area contributed by atoms with Crippen LogP contribution in [-0.4, -0.2) is 43.0 Å². The van der Waals surface area contributed by atoms with Gasteiger partial charge >= 0.3 is 0 Å². The van der Waals surface area contributed by atoms with Gasteiger partial charge in [-0.25, -0.2) is 0 Å². The summed E-state index contributed by atoms with van der Waals surface area (Å²) in [4.78, 5) is 4.83.